The summed E-state index contributed by atoms with van der Waals surface area (Å²) < 4.78 is 59.9. The van der Waals surface area contributed by atoms with Crippen molar-refractivity contribution in [2.24, 2.45) is 16.8 Å². The Hall–Kier alpha value is -3.34. The number of hydrogen-bond acceptors (Lipinski definition) is 5. The minimum absolute atomic E-state index is 0.0330. The van der Waals surface area contributed by atoms with Gasteiger partial charge in [-0.1, -0.05) is 23.7 Å². The highest BCUT2D eigenvalue weighted by atomic mass is 19.4. The van der Waals surface area contributed by atoms with Crippen LogP contribution in [0, 0.1) is 11.7 Å². The number of anilines is 1. The maximum Gasteiger partial charge on any atom is 0.417 e. The van der Waals surface area contributed by atoms with Crippen molar-refractivity contribution in [2.45, 2.75) is 70.3 Å². The van der Waals surface area contributed by atoms with Crippen LogP contribution in [0.25, 0.3) is 11.1 Å². The molecular weight excluding hydrogens is 506 g/mol. The molecule has 1 saturated carbocycles. The van der Waals surface area contributed by atoms with Crippen molar-refractivity contribution in [3.63, 3.8) is 0 Å². The normalized spacial score (nSPS) is 19.8. The Balaban J connectivity index is 1.83. The number of benzene rings is 2. The number of amidine groups is 1. The fraction of sp³-hybridized carbons (Fsp3) is 0.481. The lowest BCUT2D eigenvalue weighted by Gasteiger charge is -2.45. The molecule has 0 heterocycles. The van der Waals surface area contributed by atoms with Crippen LogP contribution in [-0.2, 0) is 4.79 Å². The third kappa shape index (κ3) is 6.94. The number of hydrogen-bond donors (Lipinski definition) is 3. The fourth-order valence-electron chi connectivity index (χ4n) is 4.44. The van der Waals surface area contributed by atoms with Gasteiger partial charge in [0.2, 0.25) is 5.91 Å². The van der Waals surface area contributed by atoms with Crippen LogP contribution in [0.3, 0.4) is 0 Å². The number of oxime groups is 1. The zero-order valence-electron chi connectivity index (χ0n) is 21.3. The molecule has 0 atom stereocenters. The number of nitrogens with zero attached hydrogens (tertiary/aromatic N) is 2. The van der Waals surface area contributed by atoms with Crippen LogP contribution >= 0.6 is 0 Å². The lowest BCUT2D eigenvalue weighted by Crippen LogP contribution is -2.59. The van der Waals surface area contributed by atoms with E-state index in [0.29, 0.717) is 42.7 Å². The van der Waals surface area contributed by atoms with Gasteiger partial charge in [-0.2, -0.15) is 13.2 Å². The van der Waals surface area contributed by atoms with Crippen LogP contribution in [0.4, 0.5) is 23.2 Å². The minimum atomic E-state index is -4.82. The first-order valence-electron chi connectivity index (χ1n) is 12.5. The number of halogens is 4. The maximum atomic E-state index is 14.8. The molecule has 0 aromatic heterocycles. The van der Waals surface area contributed by atoms with Crippen molar-refractivity contribution in [3.8, 4) is 16.9 Å². The van der Waals surface area contributed by atoms with E-state index in [0.717, 1.165) is 0 Å². The summed E-state index contributed by atoms with van der Waals surface area (Å²) in [5.74, 6) is -1.40. The van der Waals surface area contributed by atoms with Crippen LogP contribution in [-0.4, -0.2) is 46.5 Å². The Kier molecular flexibility index (Phi) is 9.24. The second-order valence-electron chi connectivity index (χ2n) is 9.88. The van der Waals surface area contributed by atoms with Crippen molar-refractivity contribution in [3.05, 3.63) is 48.3 Å². The molecule has 0 radical (unpaired) electrons. The average Bonchev–Trinajstić information content (AvgIpc) is 2.83. The predicted molar refractivity (Wildman–Crippen MR) is 136 cm³/mol. The molecule has 1 aliphatic carbocycles. The standard InChI is InChI=1S/C27H33F4N3O4/c1-17(2)38-21-10-7-18(8-11-21)22-14-20(9-12-23(22)28)34(13-5-3-4-6-24(32)33-37)25(35)19-15-26(36,16-19)27(29,30)31/h7-12,14,17,19,36-37H,3-6,13,15-16H2,1-2H3,(H2,32,33)/t19-,26+. The Morgan fingerprint density at radius 1 is 1.16 bits per heavy atom. The third-order valence-corrected chi connectivity index (χ3v) is 6.55. The Labute approximate surface area is 218 Å². The number of rotatable bonds is 11. The lowest BCUT2D eigenvalue weighted by atomic mass is 9.69. The van der Waals surface area contributed by atoms with Gasteiger partial charge in [0.05, 0.1) is 6.10 Å². The van der Waals surface area contributed by atoms with Gasteiger partial charge in [-0.25, -0.2) is 4.39 Å². The fourth-order valence-corrected chi connectivity index (χ4v) is 4.44. The van der Waals surface area contributed by atoms with E-state index in [1.807, 2.05) is 13.8 Å². The van der Waals surface area contributed by atoms with Gasteiger partial charge >= 0.3 is 6.18 Å². The van der Waals surface area contributed by atoms with E-state index in [4.69, 9.17) is 15.7 Å². The van der Waals surface area contributed by atoms with Crippen molar-refractivity contribution < 1.29 is 37.4 Å². The topological polar surface area (TPSA) is 108 Å². The second-order valence-corrected chi connectivity index (χ2v) is 9.88. The molecule has 0 saturated heterocycles. The molecule has 1 aliphatic rings. The van der Waals surface area contributed by atoms with Gasteiger partial charge in [-0.3, -0.25) is 4.79 Å². The van der Waals surface area contributed by atoms with Gasteiger partial charge in [0.1, 0.15) is 17.4 Å². The molecule has 4 N–H and O–H groups in total. The zero-order chi connectivity index (χ0) is 28.1. The largest absolute Gasteiger partial charge is 0.491 e. The Morgan fingerprint density at radius 3 is 2.39 bits per heavy atom. The van der Waals surface area contributed by atoms with Gasteiger partial charge in [0.15, 0.2) is 5.60 Å². The van der Waals surface area contributed by atoms with Crippen LogP contribution in [0.5, 0.6) is 5.75 Å². The smallest absolute Gasteiger partial charge is 0.417 e. The Morgan fingerprint density at radius 2 is 1.82 bits per heavy atom. The number of nitrogens with two attached hydrogens (primary N) is 1. The number of aliphatic hydroxyl groups is 1. The summed E-state index contributed by atoms with van der Waals surface area (Å²) in [7, 11) is 0. The number of carbonyl (C=O) groups is 1. The summed E-state index contributed by atoms with van der Waals surface area (Å²) in [6.07, 6.45) is -4.29. The molecule has 7 nitrogen and oxygen atoms in total. The summed E-state index contributed by atoms with van der Waals surface area (Å²) in [4.78, 5) is 14.7. The lowest BCUT2D eigenvalue weighted by molar-refractivity contribution is -0.295. The quantitative estimate of drug-likeness (QED) is 0.0858. The Bertz CT molecular complexity index is 1130. The van der Waals surface area contributed by atoms with Crippen molar-refractivity contribution in [1.82, 2.24) is 0 Å². The van der Waals surface area contributed by atoms with Gasteiger partial charge in [-0.05, 0) is 75.4 Å². The minimum Gasteiger partial charge on any atom is -0.491 e. The van der Waals surface area contributed by atoms with E-state index in [2.05, 4.69) is 5.16 Å². The van der Waals surface area contributed by atoms with E-state index in [9.17, 15) is 27.5 Å². The molecule has 2 aromatic rings. The first-order valence-corrected chi connectivity index (χ1v) is 12.5. The molecule has 0 unspecified atom stereocenters. The van der Waals surface area contributed by atoms with E-state index in [1.165, 1.54) is 23.1 Å². The van der Waals surface area contributed by atoms with E-state index in [-0.39, 0.29) is 24.0 Å². The highest BCUT2D eigenvalue weighted by molar-refractivity contribution is 5.96. The highest BCUT2D eigenvalue weighted by Gasteiger charge is 2.63. The number of carbonyl (C=O) groups excluding carboxylic acids is 1. The molecule has 2 aromatic carbocycles. The molecule has 0 bridgehead atoms. The average molecular weight is 540 g/mol. The predicted octanol–water partition coefficient (Wildman–Crippen LogP) is 5.62. The number of alkyl halides is 3. The molecule has 1 fully saturated rings. The van der Waals surface area contributed by atoms with Crippen molar-refractivity contribution >= 4 is 17.4 Å². The monoisotopic (exact) mass is 539 g/mol. The summed E-state index contributed by atoms with van der Waals surface area (Å²) in [5, 5.41) is 21.4. The first-order chi connectivity index (χ1) is 17.8. The molecule has 3 rings (SSSR count). The van der Waals surface area contributed by atoms with Crippen LogP contribution < -0.4 is 15.4 Å². The third-order valence-electron chi connectivity index (χ3n) is 6.55. The van der Waals surface area contributed by atoms with E-state index >= 15 is 0 Å². The SMILES string of the molecule is CC(C)Oc1ccc(-c2cc(N(CCCCC/C(N)=N/O)C(=O)[C@H]3C[C@](O)(C(F)(F)F)C3)ccc2F)cc1. The summed E-state index contributed by atoms with van der Waals surface area (Å²) in [6.45, 7) is 3.94. The molecule has 1 amide bonds. The molecule has 38 heavy (non-hydrogen) atoms. The molecular formula is C27H33F4N3O4. The number of ether oxygens (including phenoxy) is 1. The number of amides is 1. The van der Waals surface area contributed by atoms with Crippen molar-refractivity contribution in [1.29, 1.82) is 0 Å². The first kappa shape index (κ1) is 29.2. The van der Waals surface area contributed by atoms with Crippen LogP contribution in [0.2, 0.25) is 0 Å². The van der Waals surface area contributed by atoms with Gasteiger partial charge in [0, 0.05) is 30.1 Å². The summed E-state index contributed by atoms with van der Waals surface area (Å²) in [6, 6.07) is 10.9. The van der Waals surface area contributed by atoms with E-state index < -0.39 is 42.3 Å². The van der Waals surface area contributed by atoms with Gasteiger partial charge in [-0.15, -0.1) is 0 Å². The second kappa shape index (κ2) is 12.0. The number of unbranched alkanes of at least 4 members (excludes halogenated alkanes) is 2. The van der Waals surface area contributed by atoms with Crippen LogP contribution in [0.1, 0.15) is 52.4 Å². The zero-order valence-corrected chi connectivity index (χ0v) is 21.3. The van der Waals surface area contributed by atoms with Crippen molar-refractivity contribution in [2.75, 3.05) is 11.4 Å². The summed E-state index contributed by atoms with van der Waals surface area (Å²) in [5.41, 5.74) is 3.70. The molecule has 0 spiro atoms. The summed E-state index contributed by atoms with van der Waals surface area (Å²) >= 11 is 0. The van der Waals surface area contributed by atoms with Crippen LogP contribution in [0.15, 0.2) is 47.6 Å². The molecule has 208 valence electrons. The maximum absolute atomic E-state index is 14.8. The molecule has 11 heteroatoms. The molecule has 0 aliphatic heterocycles. The highest BCUT2D eigenvalue weighted by Crippen LogP contribution is 2.49. The van der Waals surface area contributed by atoms with Gasteiger partial charge < -0.3 is 25.7 Å². The van der Waals surface area contributed by atoms with E-state index in [1.54, 1.807) is 24.3 Å². The van der Waals surface area contributed by atoms with Gasteiger partial charge in [0.25, 0.3) is 0 Å².